The Kier molecular flexibility index (Phi) is 7.72. The molecule has 2 aliphatic heterocycles. The van der Waals surface area contributed by atoms with E-state index < -0.39 is 0 Å². The highest BCUT2D eigenvalue weighted by atomic mass is 32.2. The van der Waals surface area contributed by atoms with Crippen LogP contribution in [0.4, 0.5) is 10.2 Å². The second-order valence-corrected chi connectivity index (χ2v) is 10.4. The van der Waals surface area contributed by atoms with Crippen molar-refractivity contribution in [2.24, 2.45) is 0 Å². The molecular weight excluding hydrogens is 483 g/mol. The van der Waals surface area contributed by atoms with Crippen LogP contribution in [0.2, 0.25) is 0 Å². The van der Waals surface area contributed by atoms with E-state index >= 15 is 0 Å². The number of nitriles is 1. The van der Waals surface area contributed by atoms with Crippen LogP contribution in [0.1, 0.15) is 54.9 Å². The van der Waals surface area contributed by atoms with E-state index in [9.17, 15) is 19.2 Å². The molecule has 0 aliphatic carbocycles. The van der Waals surface area contributed by atoms with Gasteiger partial charge in [-0.2, -0.15) is 5.26 Å². The number of hydrogen-bond acceptors (Lipinski definition) is 6. The molecule has 0 atom stereocenters. The van der Waals surface area contributed by atoms with Crippen molar-refractivity contribution in [3.8, 4) is 6.07 Å². The van der Waals surface area contributed by atoms with Crippen LogP contribution < -0.4 is 10.5 Å². The number of thiocarbonyl (C=S) groups is 1. The predicted molar refractivity (Wildman–Crippen MR) is 142 cm³/mol. The third-order valence-electron chi connectivity index (χ3n) is 6.39. The van der Waals surface area contributed by atoms with Crippen LogP contribution >= 0.6 is 24.0 Å². The number of amides is 1. The summed E-state index contributed by atoms with van der Waals surface area (Å²) in [5.74, 6) is 0.206. The van der Waals surface area contributed by atoms with Crippen LogP contribution in [-0.2, 0) is 17.9 Å². The van der Waals surface area contributed by atoms with Crippen molar-refractivity contribution in [1.29, 1.82) is 5.26 Å². The molecule has 0 radical (unpaired) electrons. The van der Waals surface area contributed by atoms with Crippen LogP contribution in [0.5, 0.6) is 0 Å². The summed E-state index contributed by atoms with van der Waals surface area (Å²) in [6, 6.07) is 8.08. The lowest BCUT2D eigenvalue weighted by Gasteiger charge is -2.27. The van der Waals surface area contributed by atoms with Crippen molar-refractivity contribution in [3.05, 3.63) is 67.6 Å². The zero-order valence-corrected chi connectivity index (χ0v) is 21.5. The Labute approximate surface area is 214 Å². The fourth-order valence-electron chi connectivity index (χ4n) is 4.48. The van der Waals surface area contributed by atoms with Crippen molar-refractivity contribution in [2.45, 2.75) is 52.6 Å². The third-order valence-corrected chi connectivity index (χ3v) is 7.77. The predicted octanol–water partition coefficient (Wildman–Crippen LogP) is 4.97. The van der Waals surface area contributed by atoms with Crippen LogP contribution in [-0.4, -0.2) is 32.8 Å². The van der Waals surface area contributed by atoms with Gasteiger partial charge in [0.15, 0.2) is 0 Å². The van der Waals surface area contributed by atoms with Gasteiger partial charge in [0.25, 0.3) is 11.5 Å². The van der Waals surface area contributed by atoms with Crippen LogP contribution in [0.15, 0.2) is 34.0 Å². The third kappa shape index (κ3) is 5.04. The average molecular weight is 511 g/mol. The largest absolute Gasteiger partial charge is 0.357 e. The number of hydrogen-bond donors (Lipinski definition) is 0. The van der Waals surface area contributed by atoms with Gasteiger partial charge in [0, 0.05) is 25.2 Å². The molecule has 0 spiro atoms. The summed E-state index contributed by atoms with van der Waals surface area (Å²) in [5.41, 5.74) is 1.91. The lowest BCUT2D eigenvalue weighted by Crippen LogP contribution is -2.33. The maximum atomic E-state index is 13.3. The minimum absolute atomic E-state index is 0.108. The van der Waals surface area contributed by atoms with Gasteiger partial charge < -0.3 is 4.90 Å². The fourth-order valence-corrected chi connectivity index (χ4v) is 5.71. The van der Waals surface area contributed by atoms with Gasteiger partial charge in [-0.05, 0) is 55.5 Å². The second-order valence-electron chi connectivity index (χ2n) is 8.75. The summed E-state index contributed by atoms with van der Waals surface area (Å²) in [7, 11) is 0. The van der Waals surface area contributed by atoms with Crippen molar-refractivity contribution >= 4 is 46.1 Å². The Hall–Kier alpha value is -2.96. The number of halogens is 1. The highest BCUT2D eigenvalue weighted by Crippen LogP contribution is 2.37. The Morgan fingerprint density at radius 3 is 2.51 bits per heavy atom. The van der Waals surface area contributed by atoms with Crippen molar-refractivity contribution in [1.82, 2.24) is 9.47 Å². The standard InChI is InChI=1S/C26H27FN4O2S2/c1-3-4-13-30-23(29-11-5-6-12-29)20(17(2)21(15-28)24(30)32)14-22-25(33)31(26(34)35-22)16-18-7-9-19(27)10-8-18/h7-10,14H,3-6,11-13,16H2,1-2H3/b22-14+. The first-order chi connectivity index (χ1) is 16.8. The first kappa shape index (κ1) is 25.1. The molecular formula is C26H27FN4O2S2. The maximum Gasteiger partial charge on any atom is 0.270 e. The van der Waals surface area contributed by atoms with Crippen molar-refractivity contribution in [3.63, 3.8) is 0 Å². The molecule has 3 heterocycles. The summed E-state index contributed by atoms with van der Waals surface area (Å²) in [5, 5.41) is 9.78. The quantitative estimate of drug-likeness (QED) is 0.387. The number of unbranched alkanes of at least 4 members (excludes halogenated alkanes) is 1. The fraction of sp³-hybridized carbons (Fsp3) is 0.385. The molecule has 2 aliphatic rings. The van der Waals surface area contributed by atoms with Crippen molar-refractivity contribution < 1.29 is 9.18 Å². The summed E-state index contributed by atoms with van der Waals surface area (Å²) in [4.78, 5) is 30.7. The monoisotopic (exact) mass is 510 g/mol. The van der Waals surface area contributed by atoms with E-state index in [1.165, 1.54) is 28.8 Å². The van der Waals surface area contributed by atoms with E-state index in [2.05, 4.69) is 17.9 Å². The van der Waals surface area contributed by atoms with Gasteiger partial charge in [-0.25, -0.2) is 4.39 Å². The maximum absolute atomic E-state index is 13.3. The van der Waals surface area contributed by atoms with E-state index in [0.29, 0.717) is 21.3 Å². The SMILES string of the molecule is CCCCn1c(N2CCCC2)c(/C=C2/SC(=S)N(Cc3ccc(F)cc3)C2=O)c(C)c(C#N)c1=O. The van der Waals surface area contributed by atoms with Gasteiger partial charge in [0.05, 0.1) is 11.4 Å². The summed E-state index contributed by atoms with van der Waals surface area (Å²) >= 11 is 6.70. The number of thioether (sulfide) groups is 1. The number of carbonyl (C=O) groups is 1. The van der Waals surface area contributed by atoms with Crippen LogP contribution in [0, 0.1) is 24.1 Å². The Morgan fingerprint density at radius 1 is 1.20 bits per heavy atom. The van der Waals surface area contributed by atoms with Gasteiger partial charge in [-0.1, -0.05) is 49.5 Å². The number of nitrogens with zero attached hydrogens (tertiary/aromatic N) is 4. The molecule has 182 valence electrons. The number of rotatable bonds is 7. The van der Waals surface area contributed by atoms with Gasteiger partial charge in [-0.15, -0.1) is 0 Å². The molecule has 1 aromatic heterocycles. The summed E-state index contributed by atoms with van der Waals surface area (Å²) in [6.45, 7) is 6.25. The molecule has 2 aromatic rings. The molecule has 4 rings (SSSR count). The molecule has 2 fully saturated rings. The first-order valence-corrected chi connectivity index (χ1v) is 13.0. The van der Waals surface area contributed by atoms with E-state index in [-0.39, 0.29) is 29.4 Å². The molecule has 0 N–H and O–H groups in total. The topological polar surface area (TPSA) is 69.3 Å². The number of carbonyl (C=O) groups excluding carboxylic acids is 1. The lowest BCUT2D eigenvalue weighted by atomic mass is 10.0. The number of anilines is 1. The lowest BCUT2D eigenvalue weighted by molar-refractivity contribution is -0.122. The zero-order chi connectivity index (χ0) is 25.1. The highest BCUT2D eigenvalue weighted by Gasteiger charge is 2.33. The molecule has 0 saturated carbocycles. The zero-order valence-electron chi connectivity index (χ0n) is 19.8. The van der Waals surface area contributed by atoms with Crippen LogP contribution in [0.3, 0.4) is 0 Å². The van der Waals surface area contributed by atoms with Gasteiger partial charge in [0.2, 0.25) is 0 Å². The molecule has 0 bridgehead atoms. The molecule has 0 unspecified atom stereocenters. The van der Waals surface area contributed by atoms with E-state index in [0.717, 1.165) is 55.7 Å². The second kappa shape index (κ2) is 10.8. The summed E-state index contributed by atoms with van der Waals surface area (Å²) < 4.78 is 15.4. The molecule has 1 amide bonds. The molecule has 2 saturated heterocycles. The number of pyridine rings is 1. The molecule has 1 aromatic carbocycles. The molecule has 35 heavy (non-hydrogen) atoms. The molecule has 9 heteroatoms. The van der Waals surface area contributed by atoms with E-state index in [4.69, 9.17) is 12.2 Å². The van der Waals surface area contributed by atoms with E-state index in [1.807, 2.05) is 0 Å². The number of aromatic nitrogens is 1. The Balaban J connectivity index is 1.79. The van der Waals surface area contributed by atoms with Gasteiger partial charge in [0.1, 0.15) is 27.6 Å². The molecule has 6 nitrogen and oxygen atoms in total. The van der Waals surface area contributed by atoms with E-state index in [1.54, 1.807) is 29.7 Å². The number of benzene rings is 1. The normalized spacial score (nSPS) is 17.0. The minimum Gasteiger partial charge on any atom is -0.357 e. The average Bonchev–Trinajstić information content (AvgIpc) is 3.46. The minimum atomic E-state index is -0.338. The summed E-state index contributed by atoms with van der Waals surface area (Å²) in [6.07, 6.45) is 5.57. The Bertz CT molecular complexity index is 1290. The highest BCUT2D eigenvalue weighted by molar-refractivity contribution is 8.26. The van der Waals surface area contributed by atoms with Crippen molar-refractivity contribution in [2.75, 3.05) is 18.0 Å². The smallest absolute Gasteiger partial charge is 0.270 e. The van der Waals surface area contributed by atoms with Gasteiger partial charge in [-0.3, -0.25) is 19.1 Å². The first-order valence-electron chi connectivity index (χ1n) is 11.8. The van der Waals surface area contributed by atoms with Crippen LogP contribution in [0.25, 0.3) is 6.08 Å². The van der Waals surface area contributed by atoms with Gasteiger partial charge >= 0.3 is 0 Å². The Morgan fingerprint density at radius 2 is 1.89 bits per heavy atom.